The van der Waals surface area contributed by atoms with Crippen LogP contribution in [0.25, 0.3) is 0 Å². The topological polar surface area (TPSA) is 52.0 Å². The molecule has 0 radical (unpaired) electrons. The van der Waals surface area contributed by atoms with Crippen molar-refractivity contribution < 1.29 is 4.52 Å². The van der Waals surface area contributed by atoms with Crippen molar-refractivity contribution in [2.45, 2.75) is 31.7 Å². The molecule has 0 spiro atoms. The van der Waals surface area contributed by atoms with Gasteiger partial charge in [-0.3, -0.25) is 0 Å². The van der Waals surface area contributed by atoms with Crippen molar-refractivity contribution in [3.8, 4) is 0 Å². The third-order valence-electron chi connectivity index (χ3n) is 2.36. The molecule has 3 heteroatoms. The molecule has 1 heterocycles. The molecule has 0 unspecified atom stereocenters. The summed E-state index contributed by atoms with van der Waals surface area (Å²) in [7, 11) is 0. The van der Waals surface area contributed by atoms with Crippen LogP contribution in [0.5, 0.6) is 0 Å². The van der Waals surface area contributed by atoms with Crippen molar-refractivity contribution in [2.24, 2.45) is 5.73 Å². The maximum absolute atomic E-state index is 5.40. The Morgan fingerprint density at radius 1 is 1.73 bits per heavy atom. The SMILES string of the molecule is CC1(c2cc(CN)no2)CC1. The highest BCUT2D eigenvalue weighted by Crippen LogP contribution is 2.47. The molecule has 1 aromatic rings. The van der Waals surface area contributed by atoms with Gasteiger partial charge in [0.05, 0.1) is 5.69 Å². The summed E-state index contributed by atoms with van der Waals surface area (Å²) in [4.78, 5) is 0. The zero-order valence-corrected chi connectivity index (χ0v) is 6.63. The molecule has 0 bridgehead atoms. The Hall–Kier alpha value is -0.830. The zero-order chi connectivity index (χ0) is 7.90. The van der Waals surface area contributed by atoms with Crippen molar-refractivity contribution in [1.29, 1.82) is 0 Å². The zero-order valence-electron chi connectivity index (χ0n) is 6.63. The first kappa shape index (κ1) is 6.85. The van der Waals surface area contributed by atoms with Crippen molar-refractivity contribution in [3.63, 3.8) is 0 Å². The van der Waals surface area contributed by atoms with Crippen molar-refractivity contribution in [3.05, 3.63) is 17.5 Å². The van der Waals surface area contributed by atoms with Crippen molar-refractivity contribution in [1.82, 2.24) is 5.16 Å². The number of nitrogens with zero attached hydrogens (tertiary/aromatic N) is 1. The average Bonchev–Trinajstić information content (AvgIpc) is 2.61. The normalized spacial score (nSPS) is 20.2. The maximum Gasteiger partial charge on any atom is 0.142 e. The van der Waals surface area contributed by atoms with Gasteiger partial charge in [-0.1, -0.05) is 12.1 Å². The van der Waals surface area contributed by atoms with Crippen molar-refractivity contribution in [2.75, 3.05) is 0 Å². The monoisotopic (exact) mass is 152 g/mol. The van der Waals surface area contributed by atoms with E-state index < -0.39 is 0 Å². The summed E-state index contributed by atoms with van der Waals surface area (Å²) in [6.07, 6.45) is 2.43. The number of rotatable bonds is 2. The minimum absolute atomic E-state index is 0.278. The molecule has 11 heavy (non-hydrogen) atoms. The van der Waals surface area contributed by atoms with Crippen LogP contribution in [0.2, 0.25) is 0 Å². The van der Waals surface area contributed by atoms with Crippen LogP contribution in [0.1, 0.15) is 31.2 Å². The van der Waals surface area contributed by atoms with E-state index in [9.17, 15) is 0 Å². The van der Waals surface area contributed by atoms with E-state index in [2.05, 4.69) is 12.1 Å². The number of hydrogen-bond donors (Lipinski definition) is 1. The van der Waals surface area contributed by atoms with E-state index in [1.54, 1.807) is 0 Å². The molecule has 1 fully saturated rings. The molecule has 1 saturated carbocycles. The van der Waals surface area contributed by atoms with E-state index in [0.29, 0.717) is 6.54 Å². The van der Waals surface area contributed by atoms with Gasteiger partial charge in [0.15, 0.2) is 0 Å². The molecule has 0 atom stereocenters. The molecule has 1 aliphatic rings. The van der Waals surface area contributed by atoms with Crippen LogP contribution in [0, 0.1) is 0 Å². The first-order valence-electron chi connectivity index (χ1n) is 3.91. The summed E-state index contributed by atoms with van der Waals surface area (Å²) >= 11 is 0. The molecule has 2 N–H and O–H groups in total. The van der Waals surface area contributed by atoms with Gasteiger partial charge >= 0.3 is 0 Å². The standard InChI is InChI=1S/C8H12N2O/c1-8(2-3-8)7-4-6(5-9)10-11-7/h4H,2-3,5,9H2,1H3. The minimum Gasteiger partial charge on any atom is -0.361 e. The van der Waals surface area contributed by atoms with Crippen LogP contribution in [0.4, 0.5) is 0 Å². The lowest BCUT2D eigenvalue weighted by Gasteiger charge is -1.98. The highest BCUT2D eigenvalue weighted by molar-refractivity contribution is 5.21. The first-order valence-corrected chi connectivity index (χ1v) is 3.91. The minimum atomic E-state index is 0.278. The molecular formula is C8H12N2O. The number of aromatic nitrogens is 1. The van der Waals surface area contributed by atoms with Gasteiger partial charge in [-0.15, -0.1) is 0 Å². The van der Waals surface area contributed by atoms with Crippen LogP contribution < -0.4 is 5.73 Å². The Bertz CT molecular complexity index is 263. The molecule has 1 aliphatic carbocycles. The highest BCUT2D eigenvalue weighted by Gasteiger charge is 2.42. The lowest BCUT2D eigenvalue weighted by Crippen LogP contribution is -1.97. The fourth-order valence-corrected chi connectivity index (χ4v) is 1.13. The first-order chi connectivity index (χ1) is 5.24. The van der Waals surface area contributed by atoms with Crippen LogP contribution >= 0.6 is 0 Å². The van der Waals surface area contributed by atoms with Gasteiger partial charge in [-0.25, -0.2) is 0 Å². The van der Waals surface area contributed by atoms with E-state index >= 15 is 0 Å². The second-order valence-electron chi connectivity index (χ2n) is 3.45. The molecular weight excluding hydrogens is 140 g/mol. The Balaban J connectivity index is 2.25. The second kappa shape index (κ2) is 2.08. The predicted molar refractivity (Wildman–Crippen MR) is 41.0 cm³/mol. The van der Waals surface area contributed by atoms with Gasteiger partial charge in [-0.05, 0) is 12.8 Å². The molecule has 1 aromatic heterocycles. The Morgan fingerprint density at radius 2 is 2.45 bits per heavy atom. The maximum atomic E-state index is 5.40. The lowest BCUT2D eigenvalue weighted by molar-refractivity contribution is 0.355. The molecule has 0 aliphatic heterocycles. The van der Waals surface area contributed by atoms with Gasteiger partial charge in [0, 0.05) is 18.0 Å². The van der Waals surface area contributed by atoms with Crippen molar-refractivity contribution >= 4 is 0 Å². The number of nitrogens with two attached hydrogens (primary N) is 1. The number of hydrogen-bond acceptors (Lipinski definition) is 3. The van der Waals surface area contributed by atoms with E-state index in [-0.39, 0.29) is 5.41 Å². The fraction of sp³-hybridized carbons (Fsp3) is 0.625. The quantitative estimate of drug-likeness (QED) is 0.692. The summed E-state index contributed by atoms with van der Waals surface area (Å²) in [5, 5.41) is 3.84. The van der Waals surface area contributed by atoms with Gasteiger partial charge < -0.3 is 10.3 Å². The third kappa shape index (κ3) is 1.05. The van der Waals surface area contributed by atoms with Gasteiger partial charge in [0.25, 0.3) is 0 Å². The molecule has 0 saturated heterocycles. The van der Waals surface area contributed by atoms with E-state index in [0.717, 1.165) is 11.5 Å². The molecule has 2 rings (SSSR count). The predicted octanol–water partition coefficient (Wildman–Crippen LogP) is 1.18. The highest BCUT2D eigenvalue weighted by atomic mass is 16.5. The molecule has 3 nitrogen and oxygen atoms in total. The lowest BCUT2D eigenvalue weighted by atomic mass is 10.1. The summed E-state index contributed by atoms with van der Waals surface area (Å²) in [5.41, 5.74) is 6.54. The summed E-state index contributed by atoms with van der Waals surface area (Å²) < 4.78 is 5.15. The Labute approximate surface area is 65.6 Å². The Morgan fingerprint density at radius 3 is 2.91 bits per heavy atom. The van der Waals surface area contributed by atoms with Crippen LogP contribution in [-0.2, 0) is 12.0 Å². The summed E-state index contributed by atoms with van der Waals surface area (Å²) in [5.74, 6) is 0.998. The Kier molecular flexibility index (Phi) is 1.29. The van der Waals surface area contributed by atoms with Crippen LogP contribution in [0.3, 0.4) is 0 Å². The van der Waals surface area contributed by atoms with E-state index in [4.69, 9.17) is 10.3 Å². The van der Waals surface area contributed by atoms with Gasteiger partial charge in [-0.2, -0.15) is 0 Å². The fourth-order valence-electron chi connectivity index (χ4n) is 1.13. The van der Waals surface area contributed by atoms with E-state index in [1.807, 2.05) is 6.07 Å². The van der Waals surface area contributed by atoms with E-state index in [1.165, 1.54) is 12.8 Å². The van der Waals surface area contributed by atoms with Gasteiger partial charge in [0.1, 0.15) is 5.76 Å². The third-order valence-corrected chi connectivity index (χ3v) is 2.36. The molecule has 60 valence electrons. The molecule has 0 amide bonds. The average molecular weight is 152 g/mol. The van der Waals surface area contributed by atoms with Crippen LogP contribution in [-0.4, -0.2) is 5.16 Å². The largest absolute Gasteiger partial charge is 0.361 e. The summed E-state index contributed by atoms with van der Waals surface area (Å²) in [6.45, 7) is 2.66. The summed E-state index contributed by atoms with van der Waals surface area (Å²) in [6, 6.07) is 1.97. The van der Waals surface area contributed by atoms with Gasteiger partial charge in [0.2, 0.25) is 0 Å². The molecule has 0 aromatic carbocycles. The second-order valence-corrected chi connectivity index (χ2v) is 3.45. The van der Waals surface area contributed by atoms with Crippen LogP contribution in [0.15, 0.2) is 10.6 Å². The smallest absolute Gasteiger partial charge is 0.142 e.